The summed E-state index contributed by atoms with van der Waals surface area (Å²) in [5.41, 5.74) is 2.94. The highest BCUT2D eigenvalue weighted by molar-refractivity contribution is 5.98. The fraction of sp³-hybridized carbons (Fsp3) is 0.500. The first-order valence-electron chi connectivity index (χ1n) is 5.97. The van der Waals surface area contributed by atoms with Crippen molar-refractivity contribution in [2.45, 2.75) is 26.0 Å². The van der Waals surface area contributed by atoms with Gasteiger partial charge in [0.25, 0.3) is 5.91 Å². The number of anilines is 1. The summed E-state index contributed by atoms with van der Waals surface area (Å²) in [6.07, 6.45) is 1.65. The van der Waals surface area contributed by atoms with E-state index in [0.29, 0.717) is 24.5 Å². The lowest BCUT2D eigenvalue weighted by Gasteiger charge is -2.37. The Balaban J connectivity index is 2.24. The first-order valence-corrected chi connectivity index (χ1v) is 5.97. The van der Waals surface area contributed by atoms with Crippen molar-refractivity contribution < 1.29 is 9.53 Å². The highest BCUT2D eigenvalue weighted by atomic mass is 16.5. The molecule has 1 aromatic rings. The lowest BCUT2D eigenvalue weighted by molar-refractivity contribution is -0.0386. The molecule has 1 aliphatic heterocycles. The number of nitrogen functional groups attached to an aromatic ring is 1. The van der Waals surface area contributed by atoms with Crippen molar-refractivity contribution in [3.8, 4) is 0 Å². The van der Waals surface area contributed by atoms with Crippen molar-refractivity contribution in [3.63, 3.8) is 0 Å². The molecule has 2 rings (SSSR count). The number of nitrogens with two attached hydrogens (primary N) is 1. The normalized spacial score (nSPS) is 23.8. The Hall–Kier alpha value is -1.66. The number of nitrogens with one attached hydrogen (secondary N) is 1. The van der Waals surface area contributed by atoms with E-state index < -0.39 is 0 Å². The molecule has 2 heterocycles. The number of carbonyl (C=O) groups is 1. The topological polar surface area (TPSA) is 80.5 Å². The minimum absolute atomic E-state index is 0.0520. The largest absolute Gasteiger partial charge is 0.375 e. The lowest BCUT2D eigenvalue weighted by atomic mass is 10.1. The molecule has 1 saturated heterocycles. The molecule has 1 aromatic heterocycles. The van der Waals surface area contributed by atoms with Gasteiger partial charge in [0.15, 0.2) is 5.82 Å². The van der Waals surface area contributed by atoms with Gasteiger partial charge in [0.2, 0.25) is 0 Å². The predicted octanol–water partition coefficient (Wildman–Crippen LogP) is 0.617. The van der Waals surface area contributed by atoms with E-state index in [1.165, 1.54) is 0 Å². The second kappa shape index (κ2) is 5.32. The van der Waals surface area contributed by atoms with E-state index in [1.807, 2.05) is 13.8 Å². The van der Waals surface area contributed by atoms with E-state index in [-0.39, 0.29) is 18.1 Å². The molecule has 1 aliphatic rings. The van der Waals surface area contributed by atoms with Gasteiger partial charge >= 0.3 is 0 Å². The Labute approximate surface area is 106 Å². The van der Waals surface area contributed by atoms with Crippen LogP contribution in [0.3, 0.4) is 0 Å². The summed E-state index contributed by atoms with van der Waals surface area (Å²) in [4.78, 5) is 18.3. The molecule has 2 atom stereocenters. The molecule has 0 saturated carbocycles. The molecule has 0 aliphatic carbocycles. The number of carbonyl (C=O) groups excluding carboxylic acids is 1. The number of hydrogen-bond donors (Lipinski definition) is 2. The van der Waals surface area contributed by atoms with Crippen LogP contribution in [0.5, 0.6) is 0 Å². The van der Waals surface area contributed by atoms with Crippen LogP contribution in [0.2, 0.25) is 0 Å². The Bertz CT molecular complexity index is 438. The number of pyridine rings is 1. The van der Waals surface area contributed by atoms with E-state index in [1.54, 1.807) is 23.2 Å². The zero-order valence-corrected chi connectivity index (χ0v) is 10.6. The van der Waals surface area contributed by atoms with E-state index in [0.717, 1.165) is 0 Å². The zero-order chi connectivity index (χ0) is 13.1. The minimum Gasteiger partial charge on any atom is -0.375 e. The molecule has 0 bridgehead atoms. The molecule has 0 radical (unpaired) electrons. The lowest BCUT2D eigenvalue weighted by Crippen LogP contribution is -2.50. The van der Waals surface area contributed by atoms with E-state index in [4.69, 9.17) is 10.6 Å². The zero-order valence-electron chi connectivity index (χ0n) is 10.6. The van der Waals surface area contributed by atoms with Crippen LogP contribution in [0.1, 0.15) is 24.2 Å². The van der Waals surface area contributed by atoms with Gasteiger partial charge in [-0.05, 0) is 26.0 Å². The predicted molar refractivity (Wildman–Crippen MR) is 68.0 cm³/mol. The minimum atomic E-state index is -0.0706. The van der Waals surface area contributed by atoms with Crippen LogP contribution in [0, 0.1) is 0 Å². The van der Waals surface area contributed by atoms with Crippen LogP contribution >= 0.6 is 0 Å². The van der Waals surface area contributed by atoms with Crippen LogP contribution in [-0.2, 0) is 4.74 Å². The number of hydrazine groups is 1. The molecule has 6 nitrogen and oxygen atoms in total. The molecule has 18 heavy (non-hydrogen) atoms. The summed E-state index contributed by atoms with van der Waals surface area (Å²) in [5, 5.41) is 0. The molecule has 1 amide bonds. The Morgan fingerprint density at radius 2 is 2.39 bits per heavy atom. The average molecular weight is 250 g/mol. The number of amides is 1. The molecule has 2 unspecified atom stereocenters. The van der Waals surface area contributed by atoms with Gasteiger partial charge in [-0.3, -0.25) is 4.79 Å². The number of morpholine rings is 1. The summed E-state index contributed by atoms with van der Waals surface area (Å²) >= 11 is 0. The van der Waals surface area contributed by atoms with Gasteiger partial charge in [-0.2, -0.15) is 0 Å². The van der Waals surface area contributed by atoms with Crippen LogP contribution in [0.15, 0.2) is 18.3 Å². The maximum atomic E-state index is 12.5. The van der Waals surface area contributed by atoms with E-state index in [9.17, 15) is 4.79 Å². The van der Waals surface area contributed by atoms with Gasteiger partial charge in [-0.15, -0.1) is 0 Å². The quantitative estimate of drug-likeness (QED) is 0.594. The van der Waals surface area contributed by atoms with Crippen molar-refractivity contribution in [3.05, 3.63) is 23.9 Å². The fourth-order valence-corrected chi connectivity index (χ4v) is 2.03. The van der Waals surface area contributed by atoms with Crippen molar-refractivity contribution in [2.75, 3.05) is 18.6 Å². The maximum absolute atomic E-state index is 12.5. The molecule has 6 heteroatoms. The molecule has 98 valence electrons. The first-order chi connectivity index (χ1) is 8.63. The molecule has 1 fully saturated rings. The number of hydrogen-bond acceptors (Lipinski definition) is 5. The third kappa shape index (κ3) is 2.44. The molecular formula is C12H18N4O2. The van der Waals surface area contributed by atoms with Gasteiger partial charge in [0, 0.05) is 12.7 Å². The highest BCUT2D eigenvalue weighted by Crippen LogP contribution is 2.18. The molecular weight excluding hydrogens is 232 g/mol. The van der Waals surface area contributed by atoms with Crippen molar-refractivity contribution >= 4 is 11.7 Å². The highest BCUT2D eigenvalue weighted by Gasteiger charge is 2.29. The van der Waals surface area contributed by atoms with Gasteiger partial charge in [-0.25, -0.2) is 10.8 Å². The Morgan fingerprint density at radius 1 is 1.61 bits per heavy atom. The van der Waals surface area contributed by atoms with Crippen molar-refractivity contribution in [1.29, 1.82) is 0 Å². The number of aromatic nitrogens is 1. The number of rotatable bonds is 2. The van der Waals surface area contributed by atoms with Gasteiger partial charge in [0.05, 0.1) is 24.3 Å². The second-order valence-electron chi connectivity index (χ2n) is 4.49. The third-order valence-electron chi connectivity index (χ3n) is 3.04. The maximum Gasteiger partial charge on any atom is 0.258 e. The van der Waals surface area contributed by atoms with Crippen LogP contribution in [0.25, 0.3) is 0 Å². The number of nitrogens with zero attached hydrogens (tertiary/aromatic N) is 2. The van der Waals surface area contributed by atoms with Crippen molar-refractivity contribution in [1.82, 2.24) is 9.88 Å². The second-order valence-corrected chi connectivity index (χ2v) is 4.49. The summed E-state index contributed by atoms with van der Waals surface area (Å²) in [5.74, 6) is 5.70. The van der Waals surface area contributed by atoms with E-state index >= 15 is 0 Å². The van der Waals surface area contributed by atoms with Gasteiger partial charge in [0.1, 0.15) is 0 Å². The fourth-order valence-electron chi connectivity index (χ4n) is 2.03. The molecule has 0 spiro atoms. The monoisotopic (exact) mass is 250 g/mol. The molecule has 0 aromatic carbocycles. The van der Waals surface area contributed by atoms with Crippen LogP contribution < -0.4 is 11.3 Å². The summed E-state index contributed by atoms with van der Waals surface area (Å²) < 4.78 is 5.51. The first kappa shape index (κ1) is 12.8. The molecule has 3 N–H and O–H groups in total. The third-order valence-corrected chi connectivity index (χ3v) is 3.04. The van der Waals surface area contributed by atoms with Gasteiger partial charge < -0.3 is 15.1 Å². The summed E-state index contributed by atoms with van der Waals surface area (Å²) in [6.45, 7) is 5.06. The van der Waals surface area contributed by atoms with Gasteiger partial charge in [-0.1, -0.05) is 0 Å². The SMILES string of the molecule is CC1CN(C(=O)c2cccnc2NN)C(C)CO1. The average Bonchev–Trinajstić information content (AvgIpc) is 2.40. The summed E-state index contributed by atoms with van der Waals surface area (Å²) in [6, 6.07) is 3.50. The number of ether oxygens (including phenoxy) is 1. The van der Waals surface area contributed by atoms with Crippen LogP contribution in [-0.4, -0.2) is 41.1 Å². The van der Waals surface area contributed by atoms with Crippen LogP contribution in [0.4, 0.5) is 5.82 Å². The Morgan fingerprint density at radius 3 is 3.11 bits per heavy atom. The Kier molecular flexibility index (Phi) is 3.78. The standard InChI is InChI=1S/C12H18N4O2/c1-8-7-18-9(2)6-16(8)12(17)10-4-3-5-14-11(10)15-13/h3-5,8-9H,6-7,13H2,1-2H3,(H,14,15). The van der Waals surface area contributed by atoms with E-state index in [2.05, 4.69) is 10.4 Å². The van der Waals surface area contributed by atoms with Crippen molar-refractivity contribution in [2.24, 2.45) is 5.84 Å². The smallest absolute Gasteiger partial charge is 0.258 e. The summed E-state index contributed by atoms with van der Waals surface area (Å²) in [7, 11) is 0.